The first-order valence-corrected chi connectivity index (χ1v) is 9.83. The number of amides is 2. The number of nitrogens with one attached hydrogen (secondary N) is 2. The summed E-state index contributed by atoms with van der Waals surface area (Å²) < 4.78 is 0. The van der Waals surface area contributed by atoms with Gasteiger partial charge >= 0.3 is 0 Å². The SMILES string of the molecule is CNCCC1CCN(C(=O)CNC(=O)Cc2cccc3ccccc23)CC1. The van der Waals surface area contributed by atoms with E-state index in [2.05, 4.69) is 10.6 Å². The van der Waals surface area contributed by atoms with Crippen molar-refractivity contribution in [3.05, 3.63) is 48.0 Å². The van der Waals surface area contributed by atoms with Crippen molar-refractivity contribution in [2.75, 3.05) is 33.2 Å². The molecule has 5 nitrogen and oxygen atoms in total. The van der Waals surface area contributed by atoms with E-state index in [1.165, 1.54) is 6.42 Å². The number of piperidine rings is 1. The first-order valence-electron chi connectivity index (χ1n) is 9.83. The molecule has 1 fully saturated rings. The van der Waals surface area contributed by atoms with Crippen LogP contribution in [0.5, 0.6) is 0 Å². The van der Waals surface area contributed by atoms with E-state index >= 15 is 0 Å². The Kier molecular flexibility index (Phi) is 6.82. The van der Waals surface area contributed by atoms with Gasteiger partial charge in [0.15, 0.2) is 0 Å². The van der Waals surface area contributed by atoms with Crippen LogP contribution in [0.4, 0.5) is 0 Å². The summed E-state index contributed by atoms with van der Waals surface area (Å²) in [5, 5.41) is 8.20. The largest absolute Gasteiger partial charge is 0.347 e. The molecule has 0 bridgehead atoms. The highest BCUT2D eigenvalue weighted by Gasteiger charge is 2.22. The lowest BCUT2D eigenvalue weighted by atomic mass is 9.93. The van der Waals surface area contributed by atoms with Crippen LogP contribution in [-0.4, -0.2) is 49.9 Å². The van der Waals surface area contributed by atoms with Crippen LogP contribution in [-0.2, 0) is 16.0 Å². The van der Waals surface area contributed by atoms with Gasteiger partial charge in [-0.05, 0) is 55.1 Å². The lowest BCUT2D eigenvalue weighted by Gasteiger charge is -2.32. The Morgan fingerprint density at radius 1 is 1.07 bits per heavy atom. The average molecular weight is 367 g/mol. The minimum atomic E-state index is -0.108. The molecule has 0 spiro atoms. The van der Waals surface area contributed by atoms with E-state index < -0.39 is 0 Å². The van der Waals surface area contributed by atoms with E-state index in [0.717, 1.165) is 48.8 Å². The Balaban J connectivity index is 1.46. The van der Waals surface area contributed by atoms with Gasteiger partial charge in [-0.25, -0.2) is 0 Å². The van der Waals surface area contributed by atoms with Gasteiger partial charge in [-0.2, -0.15) is 0 Å². The summed E-state index contributed by atoms with van der Waals surface area (Å²) in [6.45, 7) is 2.71. The van der Waals surface area contributed by atoms with E-state index in [9.17, 15) is 9.59 Å². The molecule has 2 aromatic carbocycles. The van der Waals surface area contributed by atoms with Gasteiger partial charge in [0, 0.05) is 13.1 Å². The van der Waals surface area contributed by atoms with Gasteiger partial charge < -0.3 is 15.5 Å². The average Bonchev–Trinajstić information content (AvgIpc) is 2.71. The van der Waals surface area contributed by atoms with E-state index in [1.54, 1.807) is 0 Å². The van der Waals surface area contributed by atoms with Gasteiger partial charge in [0.05, 0.1) is 13.0 Å². The Hall–Kier alpha value is -2.40. The summed E-state index contributed by atoms with van der Waals surface area (Å²) in [6, 6.07) is 14.0. The Bertz CT molecular complexity index is 777. The molecular formula is C22H29N3O2. The first-order chi connectivity index (χ1) is 13.2. The highest BCUT2D eigenvalue weighted by atomic mass is 16.2. The van der Waals surface area contributed by atoms with Crippen molar-refractivity contribution in [3.8, 4) is 0 Å². The van der Waals surface area contributed by atoms with Crippen LogP contribution in [0.1, 0.15) is 24.8 Å². The second-order valence-corrected chi connectivity index (χ2v) is 7.31. The number of fused-ring (bicyclic) bond motifs is 1. The van der Waals surface area contributed by atoms with Gasteiger partial charge in [-0.1, -0.05) is 42.5 Å². The molecule has 2 amide bonds. The van der Waals surface area contributed by atoms with Crippen LogP contribution in [0.3, 0.4) is 0 Å². The van der Waals surface area contributed by atoms with Crippen molar-refractivity contribution in [2.24, 2.45) is 5.92 Å². The smallest absolute Gasteiger partial charge is 0.241 e. The third kappa shape index (κ3) is 5.30. The second-order valence-electron chi connectivity index (χ2n) is 7.31. The van der Waals surface area contributed by atoms with Gasteiger partial charge in [-0.3, -0.25) is 9.59 Å². The number of carbonyl (C=O) groups is 2. The molecule has 2 aromatic rings. The molecule has 5 heteroatoms. The van der Waals surface area contributed by atoms with E-state index in [1.807, 2.05) is 54.4 Å². The highest BCUT2D eigenvalue weighted by molar-refractivity contribution is 5.91. The monoisotopic (exact) mass is 367 g/mol. The third-order valence-electron chi connectivity index (χ3n) is 5.44. The van der Waals surface area contributed by atoms with Gasteiger partial charge in [-0.15, -0.1) is 0 Å². The molecule has 144 valence electrons. The van der Waals surface area contributed by atoms with Crippen molar-refractivity contribution in [2.45, 2.75) is 25.7 Å². The maximum atomic E-state index is 12.4. The topological polar surface area (TPSA) is 61.4 Å². The normalized spacial score (nSPS) is 15.1. The van der Waals surface area contributed by atoms with Crippen LogP contribution in [0.25, 0.3) is 10.8 Å². The second kappa shape index (κ2) is 9.51. The van der Waals surface area contributed by atoms with E-state index in [0.29, 0.717) is 12.3 Å². The number of benzene rings is 2. The van der Waals surface area contributed by atoms with Gasteiger partial charge in [0.25, 0.3) is 0 Å². The minimum Gasteiger partial charge on any atom is -0.347 e. The van der Waals surface area contributed by atoms with Crippen molar-refractivity contribution in [1.82, 2.24) is 15.5 Å². The summed E-state index contributed by atoms with van der Waals surface area (Å²) in [6.07, 6.45) is 3.57. The zero-order chi connectivity index (χ0) is 19.1. The number of carbonyl (C=O) groups excluding carboxylic acids is 2. The molecule has 27 heavy (non-hydrogen) atoms. The highest BCUT2D eigenvalue weighted by Crippen LogP contribution is 2.20. The quantitative estimate of drug-likeness (QED) is 0.790. The predicted octanol–water partition coefficient (Wildman–Crippen LogP) is 2.35. The Morgan fingerprint density at radius 3 is 2.59 bits per heavy atom. The molecule has 0 atom stereocenters. The summed E-state index contributed by atoms with van der Waals surface area (Å²) in [4.78, 5) is 26.6. The molecule has 0 aromatic heterocycles. The summed E-state index contributed by atoms with van der Waals surface area (Å²) >= 11 is 0. The molecule has 1 saturated heterocycles. The number of likely N-dealkylation sites (tertiary alicyclic amines) is 1. The van der Waals surface area contributed by atoms with Crippen LogP contribution < -0.4 is 10.6 Å². The summed E-state index contributed by atoms with van der Waals surface area (Å²) in [7, 11) is 1.97. The third-order valence-corrected chi connectivity index (χ3v) is 5.44. The zero-order valence-corrected chi connectivity index (χ0v) is 16.0. The fraction of sp³-hybridized carbons (Fsp3) is 0.455. The summed E-state index contributed by atoms with van der Waals surface area (Å²) in [5.41, 5.74) is 0.989. The molecule has 3 rings (SSSR count). The number of hydrogen-bond acceptors (Lipinski definition) is 3. The molecule has 2 N–H and O–H groups in total. The molecule has 0 radical (unpaired) electrons. The van der Waals surface area contributed by atoms with Crippen LogP contribution in [0.2, 0.25) is 0 Å². The minimum absolute atomic E-state index is 0.0216. The maximum absolute atomic E-state index is 12.4. The van der Waals surface area contributed by atoms with Gasteiger partial charge in [0.1, 0.15) is 0 Å². The summed E-state index contributed by atoms with van der Waals surface area (Å²) in [5.74, 6) is 0.611. The number of rotatable bonds is 7. The van der Waals surface area contributed by atoms with Crippen molar-refractivity contribution >= 4 is 22.6 Å². The lowest BCUT2D eigenvalue weighted by Crippen LogP contribution is -2.44. The molecule has 1 heterocycles. The molecule has 0 aliphatic carbocycles. The standard InChI is InChI=1S/C22H29N3O2/c1-23-12-9-17-10-13-25(14-11-17)22(27)16-24-21(26)15-19-7-4-6-18-5-2-3-8-20(18)19/h2-8,17,23H,9-16H2,1H3,(H,24,26). The first kappa shape index (κ1) is 19.4. The maximum Gasteiger partial charge on any atom is 0.241 e. The van der Waals surface area contributed by atoms with Crippen molar-refractivity contribution in [1.29, 1.82) is 0 Å². The molecule has 1 aliphatic heterocycles. The molecule has 0 saturated carbocycles. The van der Waals surface area contributed by atoms with Crippen LogP contribution in [0.15, 0.2) is 42.5 Å². The molecule has 1 aliphatic rings. The number of hydrogen-bond donors (Lipinski definition) is 2. The fourth-order valence-electron chi connectivity index (χ4n) is 3.79. The zero-order valence-electron chi connectivity index (χ0n) is 16.0. The van der Waals surface area contributed by atoms with Crippen molar-refractivity contribution in [3.63, 3.8) is 0 Å². The molecule has 0 unspecified atom stereocenters. The van der Waals surface area contributed by atoms with Gasteiger partial charge in [0.2, 0.25) is 11.8 Å². The fourth-order valence-corrected chi connectivity index (χ4v) is 3.79. The molecular weight excluding hydrogens is 338 g/mol. The Morgan fingerprint density at radius 2 is 1.81 bits per heavy atom. The van der Waals surface area contributed by atoms with Crippen molar-refractivity contribution < 1.29 is 9.59 Å². The lowest BCUT2D eigenvalue weighted by molar-refractivity contribution is -0.133. The predicted molar refractivity (Wildman–Crippen MR) is 109 cm³/mol. The van der Waals surface area contributed by atoms with Crippen LogP contribution >= 0.6 is 0 Å². The number of nitrogens with zero attached hydrogens (tertiary/aromatic N) is 1. The Labute approximate surface area is 161 Å². The van der Waals surface area contributed by atoms with Crippen LogP contribution in [0, 0.1) is 5.92 Å². The van der Waals surface area contributed by atoms with E-state index in [4.69, 9.17) is 0 Å². The van der Waals surface area contributed by atoms with E-state index in [-0.39, 0.29) is 18.4 Å².